The van der Waals surface area contributed by atoms with E-state index in [9.17, 15) is 22.8 Å². The fourth-order valence-corrected chi connectivity index (χ4v) is 2.62. The molecule has 1 fully saturated rings. The molecule has 1 N–H and O–H groups in total. The molecular formula is C17H20F3NO3. The van der Waals surface area contributed by atoms with Crippen LogP contribution >= 0.6 is 0 Å². The number of carboxylic acids is 1. The van der Waals surface area contributed by atoms with Gasteiger partial charge in [0.25, 0.3) is 0 Å². The van der Waals surface area contributed by atoms with Gasteiger partial charge in [-0.15, -0.1) is 0 Å². The molecule has 4 nitrogen and oxygen atoms in total. The third-order valence-corrected chi connectivity index (χ3v) is 4.00. The lowest BCUT2D eigenvalue weighted by molar-refractivity contribution is -0.140. The minimum atomic E-state index is -4.45. The number of aliphatic carboxylic acids is 1. The summed E-state index contributed by atoms with van der Waals surface area (Å²) in [7, 11) is 0. The van der Waals surface area contributed by atoms with Gasteiger partial charge in [-0.1, -0.05) is 18.2 Å². The van der Waals surface area contributed by atoms with Crippen molar-refractivity contribution in [3.63, 3.8) is 0 Å². The molecule has 0 unspecified atom stereocenters. The van der Waals surface area contributed by atoms with Crippen LogP contribution in [0, 0.1) is 0 Å². The number of unbranched alkanes of at least 4 members (excludes halogenated alkanes) is 1. The van der Waals surface area contributed by atoms with Gasteiger partial charge in [0.1, 0.15) is 0 Å². The maximum absolute atomic E-state index is 13.1. The zero-order valence-corrected chi connectivity index (χ0v) is 13.2. The predicted octanol–water partition coefficient (Wildman–Crippen LogP) is 3.84. The van der Waals surface area contributed by atoms with E-state index < -0.39 is 17.7 Å². The number of carbonyl (C=O) groups is 2. The largest absolute Gasteiger partial charge is 0.481 e. The lowest BCUT2D eigenvalue weighted by Gasteiger charge is -2.24. The molecule has 0 bridgehead atoms. The topological polar surface area (TPSA) is 57.6 Å². The number of amides is 1. The predicted molar refractivity (Wildman–Crippen MR) is 81.1 cm³/mol. The van der Waals surface area contributed by atoms with Gasteiger partial charge in [0.15, 0.2) is 0 Å². The Kier molecular flexibility index (Phi) is 5.85. The van der Waals surface area contributed by atoms with Gasteiger partial charge < -0.3 is 10.0 Å². The van der Waals surface area contributed by atoms with Crippen molar-refractivity contribution in [2.24, 2.45) is 0 Å². The molecule has 1 amide bonds. The van der Waals surface area contributed by atoms with Gasteiger partial charge in [0.2, 0.25) is 5.91 Å². The molecule has 0 spiro atoms. The first-order chi connectivity index (χ1) is 11.3. The molecule has 0 aromatic heterocycles. The Morgan fingerprint density at radius 1 is 1.12 bits per heavy atom. The van der Waals surface area contributed by atoms with Crippen molar-refractivity contribution in [3.05, 3.63) is 35.4 Å². The van der Waals surface area contributed by atoms with Crippen LogP contribution in [0.25, 0.3) is 0 Å². The molecule has 1 aliphatic rings. The van der Waals surface area contributed by atoms with Crippen molar-refractivity contribution >= 4 is 11.9 Å². The highest BCUT2D eigenvalue weighted by molar-refractivity contribution is 5.77. The SMILES string of the molecule is O=C(O)CCCCC(=O)N(Cc1ccccc1C(F)(F)F)C1CC1. The van der Waals surface area contributed by atoms with Gasteiger partial charge in [0.05, 0.1) is 5.56 Å². The molecule has 0 heterocycles. The minimum Gasteiger partial charge on any atom is -0.481 e. The van der Waals surface area contributed by atoms with E-state index in [1.165, 1.54) is 23.1 Å². The lowest BCUT2D eigenvalue weighted by atomic mass is 10.1. The number of halogens is 3. The second kappa shape index (κ2) is 7.68. The van der Waals surface area contributed by atoms with Gasteiger partial charge in [-0.2, -0.15) is 13.2 Å². The van der Waals surface area contributed by atoms with Crippen molar-refractivity contribution in [2.45, 2.75) is 57.3 Å². The number of rotatable bonds is 8. The first kappa shape index (κ1) is 18.3. The fraction of sp³-hybridized carbons (Fsp3) is 0.529. The van der Waals surface area contributed by atoms with Crippen LogP contribution in [-0.2, 0) is 22.3 Å². The smallest absolute Gasteiger partial charge is 0.416 e. The molecule has 1 aromatic carbocycles. The van der Waals surface area contributed by atoms with Gasteiger partial charge in [-0.3, -0.25) is 9.59 Å². The van der Waals surface area contributed by atoms with Crippen LogP contribution in [0.5, 0.6) is 0 Å². The Balaban J connectivity index is 2.02. The van der Waals surface area contributed by atoms with Crippen LogP contribution in [0.2, 0.25) is 0 Å². The summed E-state index contributed by atoms with van der Waals surface area (Å²) in [6, 6.07) is 5.29. The van der Waals surface area contributed by atoms with Crippen molar-refractivity contribution < 1.29 is 27.9 Å². The number of nitrogens with zero attached hydrogens (tertiary/aromatic N) is 1. The molecule has 1 aromatic rings. The van der Waals surface area contributed by atoms with Crippen LogP contribution in [0.4, 0.5) is 13.2 Å². The van der Waals surface area contributed by atoms with Gasteiger partial charge in [-0.05, 0) is 37.3 Å². The molecule has 0 radical (unpaired) electrons. The summed E-state index contributed by atoms with van der Waals surface area (Å²) in [5, 5.41) is 8.59. The Hall–Kier alpha value is -2.05. The molecule has 0 atom stereocenters. The summed E-state index contributed by atoms with van der Waals surface area (Å²) in [4.78, 5) is 24.3. The molecule has 2 rings (SSSR count). The summed E-state index contributed by atoms with van der Waals surface area (Å²) in [6.45, 7) is -0.0574. The normalized spacial score (nSPS) is 14.5. The molecular weight excluding hydrogens is 323 g/mol. The number of hydrogen-bond donors (Lipinski definition) is 1. The monoisotopic (exact) mass is 343 g/mol. The third-order valence-electron chi connectivity index (χ3n) is 4.00. The first-order valence-corrected chi connectivity index (χ1v) is 7.95. The van der Waals surface area contributed by atoms with Crippen LogP contribution in [0.3, 0.4) is 0 Å². The highest BCUT2D eigenvalue weighted by Gasteiger charge is 2.36. The average Bonchev–Trinajstić information content (AvgIpc) is 3.33. The van der Waals surface area contributed by atoms with Crippen molar-refractivity contribution in [1.29, 1.82) is 0 Å². The Morgan fingerprint density at radius 2 is 1.75 bits per heavy atom. The summed E-state index contributed by atoms with van der Waals surface area (Å²) in [6.07, 6.45) is -1.87. The molecule has 0 saturated heterocycles. The van der Waals surface area contributed by atoms with E-state index in [0.29, 0.717) is 12.8 Å². The molecule has 1 saturated carbocycles. The van der Waals surface area contributed by atoms with Crippen LogP contribution in [-0.4, -0.2) is 27.9 Å². The van der Waals surface area contributed by atoms with E-state index in [2.05, 4.69) is 0 Å². The molecule has 1 aliphatic carbocycles. The molecule has 132 valence electrons. The Bertz CT molecular complexity index is 597. The summed E-state index contributed by atoms with van der Waals surface area (Å²) in [5.41, 5.74) is -0.620. The van der Waals surface area contributed by atoms with E-state index in [-0.39, 0.29) is 36.9 Å². The fourth-order valence-electron chi connectivity index (χ4n) is 2.62. The third kappa shape index (κ3) is 5.25. The number of carbonyl (C=O) groups excluding carboxylic acids is 1. The van der Waals surface area contributed by atoms with Crippen LogP contribution in [0.1, 0.15) is 49.7 Å². The highest BCUT2D eigenvalue weighted by atomic mass is 19.4. The molecule has 0 aliphatic heterocycles. The average molecular weight is 343 g/mol. The van der Waals surface area contributed by atoms with Gasteiger partial charge >= 0.3 is 12.1 Å². The summed E-state index contributed by atoms with van der Waals surface area (Å²) in [5.74, 6) is -1.12. The maximum atomic E-state index is 13.1. The van der Waals surface area contributed by atoms with Gasteiger partial charge in [-0.25, -0.2) is 0 Å². The van der Waals surface area contributed by atoms with Crippen LogP contribution in [0.15, 0.2) is 24.3 Å². The summed E-state index contributed by atoms with van der Waals surface area (Å²) < 4.78 is 39.2. The molecule has 24 heavy (non-hydrogen) atoms. The van der Waals surface area contributed by atoms with E-state index in [0.717, 1.165) is 18.9 Å². The lowest BCUT2D eigenvalue weighted by Crippen LogP contribution is -2.33. The van der Waals surface area contributed by atoms with Gasteiger partial charge in [0, 0.05) is 25.4 Å². The second-order valence-corrected chi connectivity index (χ2v) is 6.01. The van der Waals surface area contributed by atoms with E-state index >= 15 is 0 Å². The van der Waals surface area contributed by atoms with Crippen molar-refractivity contribution in [1.82, 2.24) is 4.90 Å². The number of carboxylic acid groups (broad SMARTS) is 1. The Labute approximate surface area is 138 Å². The van der Waals surface area contributed by atoms with Crippen LogP contribution < -0.4 is 0 Å². The second-order valence-electron chi connectivity index (χ2n) is 6.01. The van der Waals surface area contributed by atoms with Crippen molar-refractivity contribution in [2.75, 3.05) is 0 Å². The van der Waals surface area contributed by atoms with E-state index in [1.54, 1.807) is 0 Å². The number of benzene rings is 1. The standard InChI is InChI=1S/C17H20F3NO3/c18-17(19,20)14-6-2-1-5-12(14)11-21(13-9-10-13)15(22)7-3-4-8-16(23)24/h1-2,5-6,13H,3-4,7-11H2,(H,23,24). The zero-order chi connectivity index (χ0) is 17.7. The Morgan fingerprint density at radius 3 is 2.33 bits per heavy atom. The first-order valence-electron chi connectivity index (χ1n) is 7.95. The summed E-state index contributed by atoms with van der Waals surface area (Å²) >= 11 is 0. The molecule has 7 heteroatoms. The zero-order valence-electron chi connectivity index (χ0n) is 13.2. The minimum absolute atomic E-state index is 0.00161. The maximum Gasteiger partial charge on any atom is 0.416 e. The van der Waals surface area contributed by atoms with E-state index in [1.807, 2.05) is 0 Å². The van der Waals surface area contributed by atoms with E-state index in [4.69, 9.17) is 5.11 Å². The number of alkyl halides is 3. The quantitative estimate of drug-likeness (QED) is 0.730. The highest BCUT2D eigenvalue weighted by Crippen LogP contribution is 2.35. The number of hydrogen-bond acceptors (Lipinski definition) is 2. The van der Waals surface area contributed by atoms with Crippen molar-refractivity contribution in [3.8, 4) is 0 Å².